The van der Waals surface area contributed by atoms with Crippen LogP contribution in [0, 0.1) is 23.7 Å². The number of nitrogens with two attached hydrogens (primary N) is 1. The smallest absolute Gasteiger partial charge is 0.228 e. The van der Waals surface area contributed by atoms with Crippen molar-refractivity contribution in [3.63, 3.8) is 0 Å². The molecule has 3 rings (SSSR count). The number of benzene rings is 1. The molecule has 1 amide bonds. The van der Waals surface area contributed by atoms with Crippen LogP contribution in [0.3, 0.4) is 0 Å². The van der Waals surface area contributed by atoms with E-state index in [2.05, 4.69) is 26.1 Å². The van der Waals surface area contributed by atoms with Crippen molar-refractivity contribution in [2.24, 2.45) is 29.4 Å². The first-order valence-electron chi connectivity index (χ1n) is 10.6. The van der Waals surface area contributed by atoms with Crippen LogP contribution in [0.4, 0.5) is 5.82 Å². The van der Waals surface area contributed by atoms with Gasteiger partial charge in [0.25, 0.3) is 0 Å². The van der Waals surface area contributed by atoms with Gasteiger partial charge in [-0.2, -0.15) is 5.10 Å². The molecule has 1 aromatic carbocycles. The zero-order valence-electron chi connectivity index (χ0n) is 17.4. The maximum Gasteiger partial charge on any atom is 0.228 e. The molecule has 2 aromatic rings. The summed E-state index contributed by atoms with van der Waals surface area (Å²) >= 11 is 0. The second-order valence-electron chi connectivity index (χ2n) is 8.57. The fourth-order valence-electron chi connectivity index (χ4n) is 4.40. The summed E-state index contributed by atoms with van der Waals surface area (Å²) in [6.07, 6.45) is 4.16. The molecule has 0 bridgehead atoms. The molecule has 1 fully saturated rings. The second kappa shape index (κ2) is 9.37. The molecule has 0 spiro atoms. The quantitative estimate of drug-likeness (QED) is 0.738. The average Bonchev–Trinajstić information content (AvgIpc) is 3.09. The van der Waals surface area contributed by atoms with E-state index in [9.17, 15) is 4.79 Å². The minimum absolute atomic E-state index is 0.0711. The van der Waals surface area contributed by atoms with Crippen molar-refractivity contribution < 1.29 is 4.79 Å². The number of carbonyl (C=O) groups excluding carboxylic acids is 1. The number of amides is 1. The van der Waals surface area contributed by atoms with E-state index < -0.39 is 0 Å². The highest BCUT2D eigenvalue weighted by Gasteiger charge is 2.35. The van der Waals surface area contributed by atoms with E-state index in [1.807, 2.05) is 41.1 Å². The Kier molecular flexibility index (Phi) is 6.89. The summed E-state index contributed by atoms with van der Waals surface area (Å²) in [4.78, 5) is 13.2. The van der Waals surface area contributed by atoms with Gasteiger partial charge in [-0.3, -0.25) is 4.79 Å². The fourth-order valence-corrected chi connectivity index (χ4v) is 4.40. The van der Waals surface area contributed by atoms with Crippen molar-refractivity contribution in [1.29, 1.82) is 0 Å². The molecule has 0 saturated heterocycles. The molecular weight excluding hydrogens is 348 g/mol. The van der Waals surface area contributed by atoms with Crippen LogP contribution < -0.4 is 11.1 Å². The van der Waals surface area contributed by atoms with Gasteiger partial charge < -0.3 is 11.1 Å². The highest BCUT2D eigenvalue weighted by atomic mass is 16.2. The Labute approximate surface area is 168 Å². The van der Waals surface area contributed by atoms with E-state index in [0.29, 0.717) is 30.8 Å². The number of nitrogens with zero attached hydrogens (tertiary/aromatic N) is 2. The molecule has 5 heteroatoms. The van der Waals surface area contributed by atoms with Crippen LogP contribution >= 0.6 is 0 Å². The van der Waals surface area contributed by atoms with Crippen LogP contribution in [0.1, 0.15) is 46.5 Å². The third kappa shape index (κ3) is 4.82. The van der Waals surface area contributed by atoms with Gasteiger partial charge in [0.2, 0.25) is 5.91 Å². The monoisotopic (exact) mass is 382 g/mol. The molecule has 1 aliphatic rings. The zero-order chi connectivity index (χ0) is 20.1. The average molecular weight is 383 g/mol. The van der Waals surface area contributed by atoms with Crippen molar-refractivity contribution in [1.82, 2.24) is 9.78 Å². The van der Waals surface area contributed by atoms with Crippen molar-refractivity contribution in [3.8, 4) is 11.3 Å². The third-order valence-electron chi connectivity index (χ3n) is 6.03. The van der Waals surface area contributed by atoms with Gasteiger partial charge in [-0.1, -0.05) is 57.5 Å². The molecule has 28 heavy (non-hydrogen) atoms. The summed E-state index contributed by atoms with van der Waals surface area (Å²) in [5, 5.41) is 7.94. The number of hydrogen-bond donors (Lipinski definition) is 2. The lowest BCUT2D eigenvalue weighted by molar-refractivity contribution is -0.124. The molecule has 152 valence electrons. The minimum atomic E-state index is 0.0711. The molecular formula is C23H34N4O. The van der Waals surface area contributed by atoms with Crippen LogP contribution in [-0.4, -0.2) is 22.2 Å². The Morgan fingerprint density at radius 3 is 2.71 bits per heavy atom. The second-order valence-corrected chi connectivity index (χ2v) is 8.57. The highest BCUT2D eigenvalue weighted by Crippen LogP contribution is 2.38. The minimum Gasteiger partial charge on any atom is -0.330 e. The molecule has 1 aromatic heterocycles. The zero-order valence-corrected chi connectivity index (χ0v) is 17.4. The van der Waals surface area contributed by atoms with E-state index in [4.69, 9.17) is 10.8 Å². The van der Waals surface area contributed by atoms with Gasteiger partial charge in [0.15, 0.2) is 0 Å². The maximum atomic E-state index is 13.2. The van der Waals surface area contributed by atoms with Crippen LogP contribution in [0.25, 0.3) is 11.3 Å². The summed E-state index contributed by atoms with van der Waals surface area (Å²) in [5.74, 6) is 2.56. The van der Waals surface area contributed by atoms with Crippen LogP contribution in [-0.2, 0) is 11.3 Å². The third-order valence-corrected chi connectivity index (χ3v) is 6.03. The predicted molar refractivity (Wildman–Crippen MR) is 115 cm³/mol. The molecule has 3 N–H and O–H groups in total. The van der Waals surface area contributed by atoms with Crippen molar-refractivity contribution >= 4 is 11.7 Å². The lowest BCUT2D eigenvalue weighted by Gasteiger charge is -2.36. The van der Waals surface area contributed by atoms with Crippen molar-refractivity contribution in [3.05, 3.63) is 36.4 Å². The van der Waals surface area contributed by atoms with Crippen molar-refractivity contribution in [2.75, 3.05) is 11.9 Å². The van der Waals surface area contributed by atoms with E-state index in [1.54, 1.807) is 0 Å². The van der Waals surface area contributed by atoms with Crippen molar-refractivity contribution in [2.45, 2.75) is 53.0 Å². The molecule has 3 atom stereocenters. The first-order valence-corrected chi connectivity index (χ1v) is 10.6. The van der Waals surface area contributed by atoms with Crippen LogP contribution in [0.5, 0.6) is 0 Å². The van der Waals surface area contributed by atoms with Gasteiger partial charge in [-0.15, -0.1) is 0 Å². The summed E-state index contributed by atoms with van der Waals surface area (Å²) in [5.41, 5.74) is 7.63. The molecule has 1 saturated carbocycles. The standard InChI is InChI=1S/C23H34N4O/c1-16(2)19-11-10-17(3)14-20(19)23(28)25-22-15-21(18-8-5-4-6-9-18)26-27(22)13-7-12-24/h4-6,8-9,15-17,19-20H,7,10-14,24H2,1-3H3,(H,25,28)/t17-,19+,20-/m1/s1. The predicted octanol–water partition coefficient (Wildman–Crippen LogP) is 4.55. The van der Waals surface area contributed by atoms with Crippen LogP contribution in [0.2, 0.25) is 0 Å². The fraction of sp³-hybridized carbons (Fsp3) is 0.565. The molecule has 1 aliphatic carbocycles. The highest BCUT2D eigenvalue weighted by molar-refractivity contribution is 5.92. The summed E-state index contributed by atoms with van der Waals surface area (Å²) in [7, 11) is 0. The van der Waals surface area contributed by atoms with E-state index in [0.717, 1.165) is 36.3 Å². The Bertz CT molecular complexity index is 768. The SMILES string of the molecule is CC(C)[C@@H]1CC[C@@H](C)C[C@H]1C(=O)Nc1cc(-c2ccccc2)nn1CCCN. The summed E-state index contributed by atoms with van der Waals surface area (Å²) in [6, 6.07) is 12.1. The number of carbonyl (C=O) groups is 1. The molecule has 1 heterocycles. The Morgan fingerprint density at radius 1 is 1.29 bits per heavy atom. The first kappa shape index (κ1) is 20.6. The summed E-state index contributed by atoms with van der Waals surface area (Å²) < 4.78 is 1.89. The lowest BCUT2D eigenvalue weighted by atomic mass is 9.70. The number of nitrogens with one attached hydrogen (secondary N) is 1. The maximum absolute atomic E-state index is 13.2. The number of hydrogen-bond acceptors (Lipinski definition) is 3. The molecule has 0 radical (unpaired) electrons. The van der Waals surface area contributed by atoms with Gasteiger partial charge in [0.05, 0.1) is 5.69 Å². The first-order chi connectivity index (χ1) is 13.5. The molecule has 0 aliphatic heterocycles. The lowest BCUT2D eigenvalue weighted by Crippen LogP contribution is -2.37. The largest absolute Gasteiger partial charge is 0.330 e. The van der Waals surface area contributed by atoms with E-state index >= 15 is 0 Å². The number of anilines is 1. The van der Waals surface area contributed by atoms with E-state index in [1.165, 1.54) is 6.42 Å². The molecule has 5 nitrogen and oxygen atoms in total. The Morgan fingerprint density at radius 2 is 2.04 bits per heavy atom. The van der Waals surface area contributed by atoms with Gasteiger partial charge in [-0.25, -0.2) is 4.68 Å². The van der Waals surface area contributed by atoms with Crippen LogP contribution in [0.15, 0.2) is 36.4 Å². The Hall–Kier alpha value is -2.14. The van der Waals surface area contributed by atoms with E-state index in [-0.39, 0.29) is 11.8 Å². The van der Waals surface area contributed by atoms with Gasteiger partial charge in [-0.05, 0) is 43.6 Å². The number of aryl methyl sites for hydroxylation is 1. The number of aromatic nitrogens is 2. The topological polar surface area (TPSA) is 72.9 Å². The normalized spacial score (nSPS) is 22.4. The van der Waals surface area contributed by atoms with Gasteiger partial charge in [0, 0.05) is 24.1 Å². The number of rotatable bonds is 7. The molecule has 0 unspecified atom stereocenters. The van der Waals surface area contributed by atoms with Gasteiger partial charge >= 0.3 is 0 Å². The van der Waals surface area contributed by atoms with Gasteiger partial charge in [0.1, 0.15) is 5.82 Å². The summed E-state index contributed by atoms with van der Waals surface area (Å²) in [6.45, 7) is 8.03. The Balaban J connectivity index is 1.83.